The summed E-state index contributed by atoms with van der Waals surface area (Å²) in [5.74, 6) is 0.919. The highest BCUT2D eigenvalue weighted by Gasteiger charge is 2.23. The van der Waals surface area contributed by atoms with Crippen molar-refractivity contribution in [1.82, 2.24) is 4.98 Å². The Morgan fingerprint density at radius 3 is 2.63 bits per heavy atom. The second-order valence-corrected chi connectivity index (χ2v) is 6.63. The fourth-order valence-electron chi connectivity index (χ4n) is 3.40. The second-order valence-electron chi connectivity index (χ2n) is 6.63. The average Bonchev–Trinajstić information content (AvgIpc) is 3.22. The van der Waals surface area contributed by atoms with Crippen LogP contribution in [0.25, 0.3) is 10.9 Å². The molecule has 4 heteroatoms. The van der Waals surface area contributed by atoms with Gasteiger partial charge in [0.15, 0.2) is 0 Å². The number of furan rings is 1. The number of nitrogens with zero attached hydrogens (tertiary/aromatic N) is 1. The number of phenolic OH excluding ortho intramolecular Hbond substituents is 1. The summed E-state index contributed by atoms with van der Waals surface area (Å²) in [4.78, 5) is 4.53. The van der Waals surface area contributed by atoms with E-state index in [1.165, 1.54) is 5.56 Å². The molecule has 2 N–H and O–H groups in total. The van der Waals surface area contributed by atoms with Gasteiger partial charge in [0, 0.05) is 22.3 Å². The zero-order valence-corrected chi connectivity index (χ0v) is 15.4. The van der Waals surface area contributed by atoms with Crippen LogP contribution in [-0.2, 0) is 6.42 Å². The molecule has 2 heterocycles. The van der Waals surface area contributed by atoms with Crippen molar-refractivity contribution in [2.45, 2.75) is 26.3 Å². The van der Waals surface area contributed by atoms with Crippen molar-refractivity contribution < 1.29 is 9.52 Å². The summed E-state index contributed by atoms with van der Waals surface area (Å²) in [5, 5.41) is 15.5. The van der Waals surface area contributed by atoms with E-state index >= 15 is 0 Å². The highest BCUT2D eigenvalue weighted by molar-refractivity contribution is 5.86. The smallest absolute Gasteiger partial charge is 0.147 e. The molecular weight excluding hydrogens is 336 g/mol. The number of hydrogen-bond acceptors (Lipinski definition) is 4. The van der Waals surface area contributed by atoms with Gasteiger partial charge in [-0.3, -0.25) is 0 Å². The Bertz CT molecular complexity index is 1070. The van der Waals surface area contributed by atoms with Gasteiger partial charge in [-0.1, -0.05) is 43.3 Å². The lowest BCUT2D eigenvalue weighted by Crippen LogP contribution is -2.13. The predicted octanol–water partition coefficient (Wildman–Crippen LogP) is 5.61. The summed E-state index contributed by atoms with van der Waals surface area (Å²) < 4.78 is 5.69. The van der Waals surface area contributed by atoms with E-state index in [-0.39, 0.29) is 11.8 Å². The molecule has 4 rings (SSSR count). The minimum atomic E-state index is -0.320. The van der Waals surface area contributed by atoms with E-state index in [1.54, 1.807) is 6.26 Å². The second kappa shape index (κ2) is 7.16. The van der Waals surface area contributed by atoms with Crippen molar-refractivity contribution in [3.8, 4) is 5.75 Å². The predicted molar refractivity (Wildman–Crippen MR) is 108 cm³/mol. The molecule has 4 nitrogen and oxygen atoms in total. The highest BCUT2D eigenvalue weighted by atomic mass is 16.3. The molecule has 0 saturated carbocycles. The Labute approximate surface area is 158 Å². The number of aromatic hydroxyl groups is 1. The lowest BCUT2D eigenvalue weighted by molar-refractivity contribution is 0.458. The average molecular weight is 358 g/mol. The number of rotatable bonds is 5. The van der Waals surface area contributed by atoms with Crippen LogP contribution in [0.4, 0.5) is 5.69 Å². The van der Waals surface area contributed by atoms with Gasteiger partial charge in [-0.2, -0.15) is 0 Å². The Balaban J connectivity index is 1.85. The molecule has 0 amide bonds. The Morgan fingerprint density at radius 2 is 1.85 bits per heavy atom. The number of phenols is 1. The molecule has 4 aromatic rings. The minimum absolute atomic E-state index is 0.180. The molecule has 0 aliphatic carbocycles. The van der Waals surface area contributed by atoms with Crippen LogP contribution in [0.5, 0.6) is 5.75 Å². The van der Waals surface area contributed by atoms with Gasteiger partial charge in [0.1, 0.15) is 23.1 Å². The monoisotopic (exact) mass is 358 g/mol. The zero-order valence-electron chi connectivity index (χ0n) is 15.4. The fraction of sp³-hybridized carbons (Fsp3) is 0.174. The number of pyridine rings is 1. The van der Waals surface area contributed by atoms with E-state index in [0.29, 0.717) is 5.52 Å². The van der Waals surface area contributed by atoms with Crippen molar-refractivity contribution in [3.05, 3.63) is 89.5 Å². The van der Waals surface area contributed by atoms with Gasteiger partial charge >= 0.3 is 0 Å². The van der Waals surface area contributed by atoms with Crippen LogP contribution in [0.1, 0.15) is 35.5 Å². The van der Waals surface area contributed by atoms with Gasteiger partial charge in [-0.15, -0.1) is 0 Å². The van der Waals surface area contributed by atoms with E-state index < -0.39 is 0 Å². The van der Waals surface area contributed by atoms with E-state index in [1.807, 2.05) is 55.5 Å². The van der Waals surface area contributed by atoms with Crippen molar-refractivity contribution in [2.24, 2.45) is 0 Å². The molecule has 0 aliphatic heterocycles. The summed E-state index contributed by atoms with van der Waals surface area (Å²) in [6, 6.07) is 19.5. The van der Waals surface area contributed by atoms with Crippen LogP contribution >= 0.6 is 0 Å². The Hall–Kier alpha value is -3.27. The molecule has 136 valence electrons. The number of nitrogens with one attached hydrogen (secondary N) is 1. The third-order valence-electron chi connectivity index (χ3n) is 4.84. The molecule has 0 fully saturated rings. The summed E-state index contributed by atoms with van der Waals surface area (Å²) >= 11 is 0. The number of aromatic nitrogens is 1. The maximum atomic E-state index is 11.0. The summed E-state index contributed by atoms with van der Waals surface area (Å²) in [6.45, 7) is 4.05. The first-order valence-corrected chi connectivity index (χ1v) is 9.14. The third-order valence-corrected chi connectivity index (χ3v) is 4.84. The molecule has 0 radical (unpaired) electrons. The van der Waals surface area contributed by atoms with Crippen molar-refractivity contribution in [2.75, 3.05) is 5.32 Å². The molecule has 1 atom stereocenters. The van der Waals surface area contributed by atoms with Crippen molar-refractivity contribution >= 4 is 16.6 Å². The topological polar surface area (TPSA) is 58.3 Å². The molecular formula is C23H22N2O2. The van der Waals surface area contributed by atoms with Gasteiger partial charge < -0.3 is 14.8 Å². The van der Waals surface area contributed by atoms with Gasteiger partial charge in [-0.05, 0) is 43.2 Å². The standard InChI is InChI=1S/C23H22N2O2/c1-3-16-7-4-5-8-19(16)25-22(20-9-6-14-27-20)18-13-12-17-11-10-15(2)24-21(17)23(18)26/h4-14,22,25-26H,3H2,1-2H3. The first kappa shape index (κ1) is 17.2. The van der Waals surface area contributed by atoms with Crippen LogP contribution in [-0.4, -0.2) is 10.1 Å². The maximum Gasteiger partial charge on any atom is 0.147 e. The lowest BCUT2D eigenvalue weighted by atomic mass is 9.99. The number of para-hydroxylation sites is 1. The normalized spacial score (nSPS) is 12.2. The largest absolute Gasteiger partial charge is 0.505 e. The Kier molecular flexibility index (Phi) is 4.55. The summed E-state index contributed by atoms with van der Waals surface area (Å²) in [5.41, 5.74) is 4.45. The molecule has 0 saturated heterocycles. The first-order valence-electron chi connectivity index (χ1n) is 9.14. The molecule has 27 heavy (non-hydrogen) atoms. The van der Waals surface area contributed by atoms with Gasteiger partial charge in [0.05, 0.1) is 6.26 Å². The molecule has 0 aliphatic rings. The highest BCUT2D eigenvalue weighted by Crippen LogP contribution is 2.37. The number of hydrogen-bond donors (Lipinski definition) is 2. The molecule has 2 aromatic carbocycles. The zero-order chi connectivity index (χ0) is 18.8. The van der Waals surface area contributed by atoms with E-state index in [2.05, 4.69) is 29.4 Å². The van der Waals surface area contributed by atoms with Crippen LogP contribution in [0.2, 0.25) is 0 Å². The molecule has 1 unspecified atom stereocenters. The minimum Gasteiger partial charge on any atom is -0.505 e. The fourth-order valence-corrected chi connectivity index (χ4v) is 3.40. The quantitative estimate of drug-likeness (QED) is 0.487. The van der Waals surface area contributed by atoms with E-state index in [9.17, 15) is 5.11 Å². The van der Waals surface area contributed by atoms with Gasteiger partial charge in [0.25, 0.3) is 0 Å². The number of fused-ring (bicyclic) bond motifs is 1. The molecule has 0 spiro atoms. The Morgan fingerprint density at radius 1 is 1.04 bits per heavy atom. The summed E-state index contributed by atoms with van der Waals surface area (Å²) in [7, 11) is 0. The number of anilines is 1. The summed E-state index contributed by atoms with van der Waals surface area (Å²) in [6.07, 6.45) is 2.56. The molecule has 2 aromatic heterocycles. The molecule has 0 bridgehead atoms. The van der Waals surface area contributed by atoms with Crippen molar-refractivity contribution in [3.63, 3.8) is 0 Å². The maximum absolute atomic E-state index is 11.0. The number of aryl methyl sites for hydroxylation is 2. The van der Waals surface area contributed by atoms with Crippen LogP contribution in [0.15, 0.2) is 71.3 Å². The van der Waals surface area contributed by atoms with Crippen molar-refractivity contribution in [1.29, 1.82) is 0 Å². The van der Waals surface area contributed by atoms with E-state index in [4.69, 9.17) is 4.42 Å². The van der Waals surface area contributed by atoms with Gasteiger partial charge in [0.2, 0.25) is 0 Å². The number of benzene rings is 2. The van der Waals surface area contributed by atoms with Crippen LogP contribution in [0, 0.1) is 6.92 Å². The van der Waals surface area contributed by atoms with Gasteiger partial charge in [-0.25, -0.2) is 4.98 Å². The van der Waals surface area contributed by atoms with Crippen LogP contribution < -0.4 is 5.32 Å². The van der Waals surface area contributed by atoms with Crippen LogP contribution in [0.3, 0.4) is 0 Å². The lowest BCUT2D eigenvalue weighted by Gasteiger charge is -2.22. The SMILES string of the molecule is CCc1ccccc1NC(c1ccco1)c1ccc2ccc(C)nc2c1O. The van der Waals surface area contributed by atoms with E-state index in [0.717, 1.165) is 34.5 Å². The third kappa shape index (κ3) is 3.26. The first-order chi connectivity index (χ1) is 13.2.